The Labute approximate surface area is 167 Å². The summed E-state index contributed by atoms with van der Waals surface area (Å²) in [6, 6.07) is 3.62. The number of benzene rings is 1. The molecule has 0 aliphatic rings. The second-order valence-corrected chi connectivity index (χ2v) is 7.24. The number of fused-ring (bicyclic) bond motifs is 1. The number of aryl methyl sites for hydroxylation is 1. The molecule has 1 heterocycles. The van der Waals surface area contributed by atoms with Gasteiger partial charge in [0.1, 0.15) is 11.3 Å². The van der Waals surface area contributed by atoms with Crippen LogP contribution in [-0.2, 0) is 4.74 Å². The monoisotopic (exact) mass is 387 g/mol. The minimum Gasteiger partial charge on any atom is -0.493 e. The van der Waals surface area contributed by atoms with Gasteiger partial charge in [0.15, 0.2) is 0 Å². The molecule has 5 heteroatoms. The Morgan fingerprint density at radius 2 is 1.68 bits per heavy atom. The highest BCUT2D eigenvalue weighted by molar-refractivity contribution is 5.94. The van der Waals surface area contributed by atoms with Crippen LogP contribution in [0.15, 0.2) is 23.1 Å². The maximum atomic E-state index is 12.7. The van der Waals surface area contributed by atoms with Crippen LogP contribution in [0.1, 0.15) is 81.1 Å². The molecule has 28 heavy (non-hydrogen) atoms. The van der Waals surface area contributed by atoms with Crippen LogP contribution in [0, 0.1) is 6.92 Å². The van der Waals surface area contributed by atoms with Crippen LogP contribution in [0.2, 0.25) is 0 Å². The first kappa shape index (κ1) is 22.0. The number of hydrogen-bond acceptors (Lipinski definition) is 4. The van der Waals surface area contributed by atoms with Crippen molar-refractivity contribution < 1.29 is 14.3 Å². The molecule has 0 aliphatic heterocycles. The zero-order valence-electron chi connectivity index (χ0n) is 17.4. The zero-order chi connectivity index (χ0) is 20.4. The summed E-state index contributed by atoms with van der Waals surface area (Å²) in [6.45, 7) is 6.78. The van der Waals surface area contributed by atoms with Crippen molar-refractivity contribution in [2.75, 3.05) is 13.2 Å². The Bertz CT molecular complexity index is 825. The largest absolute Gasteiger partial charge is 0.493 e. The van der Waals surface area contributed by atoms with Gasteiger partial charge in [0, 0.05) is 11.7 Å². The van der Waals surface area contributed by atoms with Crippen molar-refractivity contribution in [1.29, 1.82) is 0 Å². The summed E-state index contributed by atoms with van der Waals surface area (Å²) in [5, 5.41) is 0.446. The van der Waals surface area contributed by atoms with E-state index in [0.717, 1.165) is 18.4 Å². The maximum Gasteiger partial charge on any atom is 0.343 e. The number of carbonyl (C=O) groups excluding carboxylic acids is 1. The van der Waals surface area contributed by atoms with Crippen LogP contribution >= 0.6 is 0 Å². The predicted molar refractivity (Wildman–Crippen MR) is 113 cm³/mol. The number of unbranched alkanes of at least 4 members (excludes halogenated alkanes) is 7. The number of aromatic amines is 1. The number of nitrogens with one attached hydrogen (secondary N) is 1. The van der Waals surface area contributed by atoms with Gasteiger partial charge in [-0.2, -0.15) is 0 Å². The van der Waals surface area contributed by atoms with Gasteiger partial charge in [-0.15, -0.1) is 0 Å². The predicted octanol–water partition coefficient (Wildman–Crippen LogP) is 5.53. The van der Waals surface area contributed by atoms with Gasteiger partial charge in [0.05, 0.1) is 18.6 Å². The van der Waals surface area contributed by atoms with Crippen molar-refractivity contribution in [1.82, 2.24) is 4.98 Å². The van der Waals surface area contributed by atoms with Crippen molar-refractivity contribution in [2.45, 2.75) is 72.1 Å². The normalized spacial score (nSPS) is 11.0. The summed E-state index contributed by atoms with van der Waals surface area (Å²) < 4.78 is 10.9. The molecule has 0 saturated heterocycles. The van der Waals surface area contributed by atoms with Crippen molar-refractivity contribution in [3.8, 4) is 5.75 Å². The molecule has 0 fully saturated rings. The lowest BCUT2D eigenvalue weighted by Gasteiger charge is -2.11. The highest BCUT2D eigenvalue weighted by Crippen LogP contribution is 2.23. The van der Waals surface area contributed by atoms with E-state index in [0.29, 0.717) is 23.3 Å². The second-order valence-electron chi connectivity index (χ2n) is 7.24. The highest BCUT2D eigenvalue weighted by atomic mass is 16.5. The molecule has 0 saturated carbocycles. The first-order valence-corrected chi connectivity index (χ1v) is 10.5. The van der Waals surface area contributed by atoms with Crippen LogP contribution in [0.3, 0.4) is 0 Å². The molecular weight excluding hydrogens is 354 g/mol. The molecule has 0 atom stereocenters. The van der Waals surface area contributed by atoms with E-state index >= 15 is 0 Å². The molecule has 1 N–H and O–H groups in total. The van der Waals surface area contributed by atoms with Crippen LogP contribution in [0.4, 0.5) is 0 Å². The molecule has 0 radical (unpaired) electrons. The zero-order valence-corrected chi connectivity index (χ0v) is 17.4. The fraction of sp³-hybridized carbons (Fsp3) is 0.565. The summed E-state index contributed by atoms with van der Waals surface area (Å²) in [7, 11) is 0. The van der Waals surface area contributed by atoms with Crippen LogP contribution < -0.4 is 10.2 Å². The van der Waals surface area contributed by atoms with Gasteiger partial charge < -0.3 is 14.5 Å². The molecule has 2 rings (SSSR count). The lowest BCUT2D eigenvalue weighted by atomic mass is 10.1. The van der Waals surface area contributed by atoms with E-state index in [4.69, 9.17) is 9.47 Å². The number of esters is 1. The Morgan fingerprint density at radius 3 is 2.36 bits per heavy atom. The van der Waals surface area contributed by atoms with E-state index < -0.39 is 5.97 Å². The van der Waals surface area contributed by atoms with E-state index in [-0.39, 0.29) is 17.6 Å². The van der Waals surface area contributed by atoms with Crippen molar-refractivity contribution in [2.24, 2.45) is 0 Å². The third kappa shape index (κ3) is 6.11. The van der Waals surface area contributed by atoms with Gasteiger partial charge in [-0.25, -0.2) is 4.79 Å². The summed E-state index contributed by atoms with van der Waals surface area (Å²) in [6.07, 6.45) is 11.4. The molecule has 0 bridgehead atoms. The van der Waals surface area contributed by atoms with E-state index in [1.807, 2.05) is 13.0 Å². The smallest absolute Gasteiger partial charge is 0.343 e. The first-order valence-electron chi connectivity index (χ1n) is 10.5. The topological polar surface area (TPSA) is 68.4 Å². The number of hydrogen-bond donors (Lipinski definition) is 1. The lowest BCUT2D eigenvalue weighted by molar-refractivity contribution is 0.0524. The lowest BCUT2D eigenvalue weighted by Crippen LogP contribution is -2.18. The number of H-pyrrole nitrogens is 1. The fourth-order valence-electron chi connectivity index (χ4n) is 3.29. The van der Waals surface area contributed by atoms with Crippen molar-refractivity contribution in [3.05, 3.63) is 39.7 Å². The SMILES string of the molecule is CCCCCCCCCCOc1cc2c(=O)c(C(=O)OCC)c[nH]c2cc1C. The fourth-order valence-corrected chi connectivity index (χ4v) is 3.29. The molecule has 1 aromatic carbocycles. The maximum absolute atomic E-state index is 12.7. The third-order valence-electron chi connectivity index (χ3n) is 4.93. The number of carbonyl (C=O) groups is 1. The van der Waals surface area contributed by atoms with Gasteiger partial charge >= 0.3 is 5.97 Å². The third-order valence-corrected chi connectivity index (χ3v) is 4.93. The molecule has 2 aromatic rings. The quantitative estimate of drug-likeness (QED) is 0.384. The Hall–Kier alpha value is -2.30. The molecular formula is C23H33NO4. The minimum atomic E-state index is -0.604. The Balaban J connectivity index is 1.95. The summed E-state index contributed by atoms with van der Waals surface area (Å²) in [5.41, 5.74) is 1.35. The van der Waals surface area contributed by atoms with Gasteiger partial charge in [0.25, 0.3) is 0 Å². The molecule has 0 amide bonds. The number of pyridine rings is 1. The van der Waals surface area contributed by atoms with E-state index in [1.165, 1.54) is 44.7 Å². The van der Waals surface area contributed by atoms with Gasteiger partial charge in [-0.05, 0) is 38.0 Å². The highest BCUT2D eigenvalue weighted by Gasteiger charge is 2.15. The average Bonchev–Trinajstić information content (AvgIpc) is 2.67. The Morgan fingerprint density at radius 1 is 1.00 bits per heavy atom. The number of ether oxygens (including phenoxy) is 2. The standard InChI is InChI=1S/C23H33NO4/c1-4-6-7-8-9-10-11-12-13-28-21-15-18-20(14-17(21)3)24-16-19(22(18)25)23(26)27-5-2/h14-16H,4-13H2,1-3H3,(H,24,25). The van der Waals surface area contributed by atoms with E-state index in [9.17, 15) is 9.59 Å². The summed E-state index contributed by atoms with van der Waals surface area (Å²) in [4.78, 5) is 27.6. The van der Waals surface area contributed by atoms with Gasteiger partial charge in [-0.3, -0.25) is 4.79 Å². The van der Waals surface area contributed by atoms with E-state index in [2.05, 4.69) is 11.9 Å². The van der Waals surface area contributed by atoms with Crippen molar-refractivity contribution in [3.63, 3.8) is 0 Å². The van der Waals surface area contributed by atoms with Crippen LogP contribution in [0.5, 0.6) is 5.75 Å². The minimum absolute atomic E-state index is 0.0206. The molecule has 1 aromatic heterocycles. The molecule has 0 unspecified atom stereocenters. The van der Waals surface area contributed by atoms with Crippen molar-refractivity contribution >= 4 is 16.9 Å². The molecule has 0 aliphatic carbocycles. The number of rotatable bonds is 12. The first-order chi connectivity index (χ1) is 13.6. The van der Waals surface area contributed by atoms with Gasteiger partial charge in [-0.1, -0.05) is 51.9 Å². The summed E-state index contributed by atoms with van der Waals surface area (Å²) in [5.74, 6) is 0.0922. The number of aromatic nitrogens is 1. The Kier molecular flexibility index (Phi) is 9.05. The molecule has 0 spiro atoms. The summed E-state index contributed by atoms with van der Waals surface area (Å²) >= 11 is 0. The van der Waals surface area contributed by atoms with Crippen LogP contribution in [0.25, 0.3) is 10.9 Å². The van der Waals surface area contributed by atoms with Gasteiger partial charge in [0.2, 0.25) is 5.43 Å². The average molecular weight is 388 g/mol. The second kappa shape index (κ2) is 11.5. The van der Waals surface area contributed by atoms with Crippen LogP contribution in [-0.4, -0.2) is 24.2 Å². The van der Waals surface area contributed by atoms with E-state index in [1.54, 1.807) is 13.0 Å². The molecule has 5 nitrogen and oxygen atoms in total. The molecule has 154 valence electrons.